The van der Waals surface area contributed by atoms with Crippen LogP contribution < -0.4 is 4.74 Å². The van der Waals surface area contributed by atoms with Crippen molar-refractivity contribution in [2.24, 2.45) is 0 Å². The number of carboxylic acids is 1. The quantitative estimate of drug-likeness (QED) is 0.312. The third-order valence-electron chi connectivity index (χ3n) is 7.36. The molecule has 1 fully saturated rings. The Bertz CT molecular complexity index is 1110. The first-order valence-electron chi connectivity index (χ1n) is 13.2. The van der Waals surface area contributed by atoms with Crippen LogP contribution in [0.1, 0.15) is 69.1 Å². The molecule has 1 saturated heterocycles. The van der Waals surface area contributed by atoms with E-state index in [1.165, 1.54) is 11.1 Å². The van der Waals surface area contributed by atoms with Crippen molar-refractivity contribution in [1.29, 1.82) is 0 Å². The summed E-state index contributed by atoms with van der Waals surface area (Å²) in [5.74, 6) is -1.58. The maximum absolute atomic E-state index is 11.4. The Hall–Kier alpha value is -3.19. The number of benzene rings is 3. The number of hydrogen-bond donors (Lipinski definition) is 2. The van der Waals surface area contributed by atoms with E-state index in [0.717, 1.165) is 12.8 Å². The van der Waals surface area contributed by atoms with Crippen LogP contribution in [0.15, 0.2) is 84.9 Å². The topological polar surface area (TPSA) is 85.2 Å². The molecule has 202 valence electrons. The highest BCUT2D eigenvalue weighted by Crippen LogP contribution is 2.49. The summed E-state index contributed by atoms with van der Waals surface area (Å²) in [4.78, 5) is 10.9. The van der Waals surface area contributed by atoms with Gasteiger partial charge in [0.25, 0.3) is 0 Å². The van der Waals surface area contributed by atoms with Crippen LogP contribution in [0, 0.1) is 0 Å². The van der Waals surface area contributed by atoms with Crippen molar-refractivity contribution < 1.29 is 29.2 Å². The van der Waals surface area contributed by atoms with Crippen molar-refractivity contribution >= 4 is 5.97 Å². The number of aliphatic carboxylic acids is 1. The number of hydrogen-bond acceptors (Lipinski definition) is 5. The number of ether oxygens (including phenoxy) is 3. The van der Waals surface area contributed by atoms with E-state index < -0.39 is 24.0 Å². The number of aliphatic hydroxyl groups is 1. The maximum atomic E-state index is 11.4. The molecule has 3 aromatic rings. The van der Waals surface area contributed by atoms with E-state index in [9.17, 15) is 9.90 Å². The molecular weight excluding hydrogens is 480 g/mol. The molecule has 38 heavy (non-hydrogen) atoms. The third-order valence-corrected chi connectivity index (χ3v) is 7.36. The van der Waals surface area contributed by atoms with E-state index in [1.54, 1.807) is 38.1 Å². The molecule has 3 aromatic carbocycles. The van der Waals surface area contributed by atoms with Crippen molar-refractivity contribution in [3.05, 3.63) is 102 Å². The van der Waals surface area contributed by atoms with Gasteiger partial charge in [0.1, 0.15) is 11.4 Å². The van der Waals surface area contributed by atoms with Gasteiger partial charge in [-0.15, -0.1) is 0 Å². The third kappa shape index (κ3) is 6.26. The fourth-order valence-corrected chi connectivity index (χ4v) is 5.23. The summed E-state index contributed by atoms with van der Waals surface area (Å²) in [5.41, 5.74) is 1.74. The lowest BCUT2D eigenvalue weighted by Gasteiger charge is -2.39. The Morgan fingerprint density at radius 1 is 0.842 bits per heavy atom. The van der Waals surface area contributed by atoms with Crippen molar-refractivity contribution in [1.82, 2.24) is 0 Å². The van der Waals surface area contributed by atoms with E-state index in [4.69, 9.17) is 19.3 Å². The molecule has 0 saturated carbocycles. The maximum Gasteiger partial charge on any atom is 0.341 e. The summed E-state index contributed by atoms with van der Waals surface area (Å²) in [7, 11) is 0. The lowest BCUT2D eigenvalue weighted by atomic mass is 9.88. The molecule has 4 unspecified atom stereocenters. The van der Waals surface area contributed by atoms with Gasteiger partial charge in [0, 0.05) is 5.56 Å². The summed E-state index contributed by atoms with van der Waals surface area (Å²) in [5, 5.41) is 20.4. The zero-order valence-electron chi connectivity index (χ0n) is 22.5. The zero-order valence-corrected chi connectivity index (χ0v) is 22.5. The smallest absolute Gasteiger partial charge is 0.341 e. The van der Waals surface area contributed by atoms with Gasteiger partial charge in [-0.1, -0.05) is 74.5 Å². The Morgan fingerprint density at radius 2 is 1.29 bits per heavy atom. The first-order chi connectivity index (χ1) is 18.1. The van der Waals surface area contributed by atoms with Crippen LogP contribution >= 0.6 is 0 Å². The molecule has 1 heterocycles. The molecule has 2 N–H and O–H groups in total. The van der Waals surface area contributed by atoms with Crippen LogP contribution in [0.25, 0.3) is 0 Å². The summed E-state index contributed by atoms with van der Waals surface area (Å²) in [6.45, 7) is 7.34. The molecule has 0 amide bonds. The average molecular weight is 519 g/mol. The minimum absolute atomic E-state index is 0.226. The van der Waals surface area contributed by atoms with Gasteiger partial charge in [0.2, 0.25) is 5.79 Å². The largest absolute Gasteiger partial charge is 0.482 e. The molecular formula is C32H38O6. The Labute approximate surface area is 225 Å². The van der Waals surface area contributed by atoms with Gasteiger partial charge in [-0.25, -0.2) is 4.79 Å². The highest BCUT2D eigenvalue weighted by atomic mass is 16.8. The lowest BCUT2D eigenvalue weighted by Crippen LogP contribution is -2.49. The molecule has 4 atom stereocenters. The van der Waals surface area contributed by atoms with Gasteiger partial charge in [-0.05, 0) is 73.9 Å². The molecule has 0 aromatic heterocycles. The van der Waals surface area contributed by atoms with E-state index in [-0.39, 0.29) is 24.0 Å². The van der Waals surface area contributed by atoms with Gasteiger partial charge < -0.3 is 24.4 Å². The van der Waals surface area contributed by atoms with Crippen molar-refractivity contribution in [2.75, 3.05) is 6.61 Å². The molecule has 0 spiro atoms. The minimum Gasteiger partial charge on any atom is -0.482 e. The van der Waals surface area contributed by atoms with E-state index >= 15 is 0 Å². The molecule has 6 nitrogen and oxygen atoms in total. The number of carbonyl (C=O) groups is 1. The molecule has 6 heteroatoms. The SMILES string of the molecule is CC(CC1OC(c2ccc(OCC(=O)O)cc2)(C(C)(C)O)OC1CC(C)c1ccccc1)c1ccccc1. The number of carboxylic acid groups (broad SMARTS) is 1. The van der Waals surface area contributed by atoms with E-state index in [0.29, 0.717) is 11.3 Å². The van der Waals surface area contributed by atoms with Crippen LogP contribution in [0.3, 0.4) is 0 Å². The Balaban J connectivity index is 1.65. The molecule has 0 radical (unpaired) electrons. The monoisotopic (exact) mass is 518 g/mol. The van der Waals surface area contributed by atoms with Crippen LogP contribution in [-0.2, 0) is 20.1 Å². The highest BCUT2D eigenvalue weighted by Gasteiger charge is 2.57. The van der Waals surface area contributed by atoms with Crippen LogP contribution in [-0.4, -0.2) is 40.6 Å². The van der Waals surface area contributed by atoms with Crippen LogP contribution in [0.5, 0.6) is 5.75 Å². The summed E-state index contributed by atoms with van der Waals surface area (Å²) < 4.78 is 18.8. The van der Waals surface area contributed by atoms with Crippen LogP contribution in [0.2, 0.25) is 0 Å². The zero-order chi connectivity index (χ0) is 27.3. The molecule has 4 rings (SSSR count). The van der Waals surface area contributed by atoms with Gasteiger partial charge in [-0.3, -0.25) is 0 Å². The Kier molecular flexibility index (Phi) is 8.56. The first-order valence-corrected chi connectivity index (χ1v) is 13.2. The standard InChI is InChI=1S/C32H38O6/c1-22(24-11-7-5-8-12-24)19-28-29(20-23(2)25-13-9-6-10-14-25)38-32(37-28,31(3,4)35)26-15-17-27(18-16-26)36-21-30(33)34/h5-18,22-23,28-29,35H,19-21H2,1-4H3,(H,33,34). The van der Waals surface area contributed by atoms with Crippen molar-refractivity contribution in [3.8, 4) is 5.75 Å². The minimum atomic E-state index is -1.40. The summed E-state index contributed by atoms with van der Waals surface area (Å²) >= 11 is 0. The predicted octanol–water partition coefficient (Wildman–Crippen LogP) is 6.25. The van der Waals surface area contributed by atoms with Gasteiger partial charge in [0.05, 0.1) is 12.2 Å². The first kappa shape index (κ1) is 27.8. The predicted molar refractivity (Wildman–Crippen MR) is 146 cm³/mol. The highest BCUT2D eigenvalue weighted by molar-refractivity contribution is 5.68. The average Bonchev–Trinajstić information content (AvgIpc) is 3.27. The second-order valence-electron chi connectivity index (χ2n) is 10.8. The molecule has 1 aliphatic rings. The fraction of sp³-hybridized carbons (Fsp3) is 0.406. The number of rotatable bonds is 11. The summed E-state index contributed by atoms with van der Waals surface area (Å²) in [6.07, 6.45) is 0.943. The van der Waals surface area contributed by atoms with Gasteiger partial charge in [-0.2, -0.15) is 0 Å². The van der Waals surface area contributed by atoms with E-state index in [2.05, 4.69) is 38.1 Å². The molecule has 1 aliphatic heterocycles. The fourth-order valence-electron chi connectivity index (χ4n) is 5.23. The summed E-state index contributed by atoms with van der Waals surface area (Å²) in [6, 6.07) is 27.6. The second-order valence-corrected chi connectivity index (χ2v) is 10.8. The van der Waals surface area contributed by atoms with Crippen molar-refractivity contribution in [2.45, 2.75) is 76.0 Å². The normalized spacial score (nSPS) is 23.1. The van der Waals surface area contributed by atoms with Gasteiger partial charge in [0.15, 0.2) is 6.61 Å². The Morgan fingerprint density at radius 3 is 1.68 bits per heavy atom. The van der Waals surface area contributed by atoms with Crippen LogP contribution in [0.4, 0.5) is 0 Å². The molecule has 0 bridgehead atoms. The lowest BCUT2D eigenvalue weighted by molar-refractivity contribution is -0.279. The van der Waals surface area contributed by atoms with E-state index in [1.807, 2.05) is 36.4 Å². The van der Waals surface area contributed by atoms with Gasteiger partial charge >= 0.3 is 5.97 Å². The van der Waals surface area contributed by atoms with Crippen molar-refractivity contribution in [3.63, 3.8) is 0 Å². The molecule has 0 aliphatic carbocycles. The second kappa shape index (κ2) is 11.7.